The second kappa shape index (κ2) is 8.50. The third kappa shape index (κ3) is 5.06. The third-order valence-electron chi connectivity index (χ3n) is 2.11. The van der Waals surface area contributed by atoms with E-state index in [1.807, 2.05) is 6.92 Å². The molecule has 0 bridgehead atoms. The number of esters is 1. The Morgan fingerprint density at radius 1 is 1.29 bits per heavy atom. The fourth-order valence-electron chi connectivity index (χ4n) is 1.23. The Morgan fingerprint density at radius 3 is 2.41 bits per heavy atom. The number of ether oxygens (including phenoxy) is 1. The minimum absolute atomic E-state index is 0. The van der Waals surface area contributed by atoms with Crippen LogP contribution < -0.4 is 0 Å². The predicted octanol–water partition coefficient (Wildman–Crippen LogP) is 2.19. The van der Waals surface area contributed by atoms with Gasteiger partial charge in [0.1, 0.15) is 0 Å². The van der Waals surface area contributed by atoms with E-state index in [1.165, 1.54) is 12.1 Å². The maximum absolute atomic E-state index is 11.6. The van der Waals surface area contributed by atoms with Crippen LogP contribution in [0.5, 0.6) is 0 Å². The fraction of sp³-hybridized carbons (Fsp3) is 0.333. The molecular weight excluding hydrogens is 248 g/mol. The standard InChI is InChI=1S/C12H14O4.Ca.2H/c1-2-3-8-16-12(15)10-7-5-4-6-9(10)11(13)14;;;/h4-7H,2-3,8H2,1H3,(H,13,14);;;/q;+2;2*-1. The second-order valence-electron chi connectivity index (χ2n) is 3.34. The van der Waals surface area contributed by atoms with Crippen molar-refractivity contribution in [3.63, 3.8) is 0 Å². The number of carbonyl (C=O) groups is 2. The van der Waals surface area contributed by atoms with Crippen molar-refractivity contribution in [1.82, 2.24) is 0 Å². The summed E-state index contributed by atoms with van der Waals surface area (Å²) in [6.07, 6.45) is 1.70. The van der Waals surface area contributed by atoms with Gasteiger partial charge in [-0.3, -0.25) is 0 Å². The molecule has 1 rings (SSSR count). The molecule has 0 aliphatic rings. The van der Waals surface area contributed by atoms with Crippen molar-refractivity contribution in [2.75, 3.05) is 6.61 Å². The molecule has 1 aromatic carbocycles. The van der Waals surface area contributed by atoms with Crippen LogP contribution in [-0.2, 0) is 4.74 Å². The van der Waals surface area contributed by atoms with E-state index in [1.54, 1.807) is 12.1 Å². The molecule has 5 heteroatoms. The van der Waals surface area contributed by atoms with Crippen LogP contribution in [0.25, 0.3) is 0 Å². The first-order valence-corrected chi connectivity index (χ1v) is 5.16. The molecule has 0 aliphatic heterocycles. The molecule has 0 radical (unpaired) electrons. The van der Waals surface area contributed by atoms with Crippen molar-refractivity contribution >= 4 is 49.7 Å². The maximum atomic E-state index is 11.6. The number of aromatic carboxylic acids is 1. The summed E-state index contributed by atoms with van der Waals surface area (Å²) in [4.78, 5) is 22.4. The van der Waals surface area contributed by atoms with E-state index in [0.717, 1.165) is 12.8 Å². The molecule has 0 saturated heterocycles. The van der Waals surface area contributed by atoms with E-state index in [9.17, 15) is 9.59 Å². The number of benzene rings is 1. The largest absolute Gasteiger partial charge is 2.00 e. The molecule has 1 N–H and O–H groups in total. The van der Waals surface area contributed by atoms with Gasteiger partial charge in [0.15, 0.2) is 0 Å². The van der Waals surface area contributed by atoms with Gasteiger partial charge in [0.25, 0.3) is 0 Å². The zero-order valence-electron chi connectivity index (χ0n) is 11.8. The number of hydrogen-bond acceptors (Lipinski definition) is 3. The molecule has 0 unspecified atom stereocenters. The van der Waals surface area contributed by atoms with Gasteiger partial charge in [-0.05, 0) is 18.6 Å². The van der Waals surface area contributed by atoms with Crippen molar-refractivity contribution in [2.45, 2.75) is 19.8 Å². The Balaban J connectivity index is -0.000000853. The first-order chi connectivity index (χ1) is 7.66. The van der Waals surface area contributed by atoms with Gasteiger partial charge in [0.05, 0.1) is 17.7 Å². The molecule has 17 heavy (non-hydrogen) atoms. The molecule has 90 valence electrons. The van der Waals surface area contributed by atoms with E-state index in [0.29, 0.717) is 6.61 Å². The quantitative estimate of drug-likeness (QED) is 0.503. The molecule has 0 fully saturated rings. The Kier molecular flexibility index (Phi) is 8.21. The van der Waals surface area contributed by atoms with Crippen LogP contribution in [-0.4, -0.2) is 61.4 Å². The normalized spacial score (nSPS) is 9.24. The van der Waals surface area contributed by atoms with Gasteiger partial charge in [-0.1, -0.05) is 25.5 Å². The van der Waals surface area contributed by atoms with E-state index < -0.39 is 11.9 Å². The van der Waals surface area contributed by atoms with Crippen molar-refractivity contribution < 1.29 is 22.3 Å². The predicted molar refractivity (Wildman–Crippen MR) is 66.6 cm³/mol. The number of carboxylic acids is 1. The number of hydrogen-bond donors (Lipinski definition) is 1. The Morgan fingerprint density at radius 2 is 1.88 bits per heavy atom. The monoisotopic (exact) mass is 264 g/mol. The van der Waals surface area contributed by atoms with Crippen molar-refractivity contribution in [3.05, 3.63) is 35.4 Å². The van der Waals surface area contributed by atoms with Crippen molar-refractivity contribution in [3.8, 4) is 0 Å². The minimum atomic E-state index is -1.12. The summed E-state index contributed by atoms with van der Waals surface area (Å²) in [5.74, 6) is -1.70. The summed E-state index contributed by atoms with van der Waals surface area (Å²) in [6.45, 7) is 2.31. The topological polar surface area (TPSA) is 63.6 Å². The van der Waals surface area contributed by atoms with E-state index >= 15 is 0 Å². The van der Waals surface area contributed by atoms with Gasteiger partial charge in [0, 0.05) is 0 Å². The van der Waals surface area contributed by atoms with Crippen LogP contribution in [0, 0.1) is 0 Å². The minimum Gasteiger partial charge on any atom is -1.00 e. The SMILES string of the molecule is CCCCOC(=O)c1ccccc1C(=O)O.[Ca+2].[H-].[H-]. The molecule has 1 aromatic rings. The molecule has 0 amide bonds. The first-order valence-electron chi connectivity index (χ1n) is 5.16. The Labute approximate surface area is 133 Å². The zero-order chi connectivity index (χ0) is 12.0. The number of carboxylic acid groups (broad SMARTS) is 1. The van der Waals surface area contributed by atoms with Gasteiger partial charge < -0.3 is 12.7 Å². The molecule has 0 atom stereocenters. The van der Waals surface area contributed by atoms with Crippen LogP contribution in [0.15, 0.2) is 24.3 Å². The number of carbonyl (C=O) groups excluding carboxylic acids is 1. The average molecular weight is 264 g/mol. The van der Waals surface area contributed by atoms with Crippen molar-refractivity contribution in [1.29, 1.82) is 0 Å². The molecule has 0 aromatic heterocycles. The molecule has 0 heterocycles. The van der Waals surface area contributed by atoms with Gasteiger partial charge in [-0.2, -0.15) is 0 Å². The molecular formula is C12H16CaO4. The van der Waals surface area contributed by atoms with Crippen molar-refractivity contribution in [2.24, 2.45) is 0 Å². The van der Waals surface area contributed by atoms with Gasteiger partial charge >= 0.3 is 49.7 Å². The summed E-state index contributed by atoms with van der Waals surface area (Å²) in [6, 6.07) is 6.03. The average Bonchev–Trinajstić information content (AvgIpc) is 2.29. The molecule has 0 aliphatic carbocycles. The fourth-order valence-corrected chi connectivity index (χ4v) is 1.23. The van der Waals surface area contributed by atoms with Crippen LogP contribution in [0.3, 0.4) is 0 Å². The summed E-state index contributed by atoms with van der Waals surface area (Å²) in [5.41, 5.74) is 0.0788. The molecule has 0 saturated carbocycles. The summed E-state index contributed by atoms with van der Waals surface area (Å²) < 4.78 is 4.96. The first kappa shape index (κ1) is 16.4. The number of rotatable bonds is 5. The van der Waals surface area contributed by atoms with E-state index in [-0.39, 0.29) is 51.7 Å². The second-order valence-corrected chi connectivity index (χ2v) is 3.34. The number of unbranched alkanes of at least 4 members (excludes halogenated alkanes) is 1. The summed E-state index contributed by atoms with van der Waals surface area (Å²) in [5, 5.41) is 8.88. The van der Waals surface area contributed by atoms with E-state index in [4.69, 9.17) is 9.84 Å². The Hall–Kier alpha value is -0.580. The molecule has 0 spiro atoms. The Bertz CT molecular complexity index is 399. The van der Waals surface area contributed by atoms with Crippen LogP contribution in [0.4, 0.5) is 0 Å². The van der Waals surface area contributed by atoms with Gasteiger partial charge in [-0.15, -0.1) is 0 Å². The van der Waals surface area contributed by atoms with Crippen LogP contribution in [0.1, 0.15) is 43.3 Å². The molecule has 4 nitrogen and oxygen atoms in total. The maximum Gasteiger partial charge on any atom is 2.00 e. The smallest absolute Gasteiger partial charge is 1.00 e. The van der Waals surface area contributed by atoms with E-state index in [2.05, 4.69) is 0 Å². The third-order valence-corrected chi connectivity index (χ3v) is 2.11. The summed E-state index contributed by atoms with van der Waals surface area (Å²) >= 11 is 0. The summed E-state index contributed by atoms with van der Waals surface area (Å²) in [7, 11) is 0. The van der Waals surface area contributed by atoms with Crippen LogP contribution >= 0.6 is 0 Å². The van der Waals surface area contributed by atoms with Crippen LogP contribution in [0.2, 0.25) is 0 Å². The zero-order valence-corrected chi connectivity index (χ0v) is 12.0. The van der Waals surface area contributed by atoms with Gasteiger partial charge in [0.2, 0.25) is 0 Å². The van der Waals surface area contributed by atoms with Gasteiger partial charge in [-0.25, -0.2) is 9.59 Å².